The molecule has 3 rings (SSSR count). The quantitative estimate of drug-likeness (QED) is 0.396. The lowest BCUT2D eigenvalue weighted by atomic mass is 10.2. The van der Waals surface area contributed by atoms with Crippen LogP contribution in [-0.2, 0) is 4.79 Å². The summed E-state index contributed by atoms with van der Waals surface area (Å²) in [5, 5.41) is 18.6. The summed E-state index contributed by atoms with van der Waals surface area (Å²) < 4.78 is 7.32. The Hall–Kier alpha value is -2.19. The molecule has 6 nitrogen and oxygen atoms in total. The van der Waals surface area contributed by atoms with Crippen molar-refractivity contribution in [1.29, 1.82) is 0 Å². The fourth-order valence-electron chi connectivity index (χ4n) is 2.62. The van der Waals surface area contributed by atoms with Gasteiger partial charge in [0.1, 0.15) is 5.75 Å². The van der Waals surface area contributed by atoms with E-state index in [-0.39, 0.29) is 11.6 Å². The summed E-state index contributed by atoms with van der Waals surface area (Å²) in [7, 11) is 0. The molecule has 0 aliphatic rings. The number of azo groups is 1. The molecule has 0 fully saturated rings. The first-order chi connectivity index (χ1) is 13.0. The summed E-state index contributed by atoms with van der Waals surface area (Å²) in [5.74, 6) is -0.0535. The number of nitrogens with zero attached hydrogens (tertiary/aromatic N) is 2. The Bertz CT molecular complexity index is 987. The molecule has 2 aromatic carbocycles. The van der Waals surface area contributed by atoms with Gasteiger partial charge in [-0.2, -0.15) is 0 Å². The van der Waals surface area contributed by atoms with E-state index >= 15 is 0 Å². The van der Waals surface area contributed by atoms with Gasteiger partial charge in [0.05, 0.1) is 5.52 Å². The van der Waals surface area contributed by atoms with Crippen LogP contribution >= 0.6 is 31.9 Å². The predicted molar refractivity (Wildman–Crippen MR) is 111 cm³/mol. The molecule has 0 radical (unpaired) electrons. The largest absolute Gasteiger partial charge is 0.493 e. The highest BCUT2D eigenvalue weighted by Crippen LogP contribution is 2.40. The summed E-state index contributed by atoms with van der Waals surface area (Å²) in [4.78, 5) is 15.4. The molecule has 0 aliphatic carbocycles. The number of hydrogen-bond donors (Lipinski definition) is 2. The second-order valence-corrected chi connectivity index (χ2v) is 7.65. The van der Waals surface area contributed by atoms with Crippen molar-refractivity contribution in [3.8, 4) is 11.6 Å². The average Bonchev–Trinajstić information content (AvgIpc) is 2.96. The number of hydrogen-bond acceptors (Lipinski definition) is 4. The fraction of sp³-hybridized carbons (Fsp3) is 0.211. The van der Waals surface area contributed by atoms with Crippen LogP contribution in [0.2, 0.25) is 0 Å². The number of aromatic amines is 1. The van der Waals surface area contributed by atoms with Crippen LogP contribution in [0.25, 0.3) is 10.9 Å². The number of aromatic hydroxyl groups is 1. The van der Waals surface area contributed by atoms with Crippen LogP contribution in [0.4, 0.5) is 5.69 Å². The zero-order valence-corrected chi connectivity index (χ0v) is 17.6. The molecule has 2 N–H and O–H groups in total. The molecule has 0 bridgehead atoms. The van der Waals surface area contributed by atoms with Gasteiger partial charge in [0.25, 0.3) is 0 Å². The zero-order chi connectivity index (χ0) is 19.4. The number of fused-ring (bicyclic) bond motifs is 1. The van der Waals surface area contributed by atoms with Crippen LogP contribution in [0.5, 0.6) is 11.6 Å². The van der Waals surface area contributed by atoms with Crippen molar-refractivity contribution >= 4 is 54.4 Å². The lowest BCUT2D eigenvalue weighted by Crippen LogP contribution is -2.25. The Kier molecular flexibility index (Phi) is 6.28. The van der Waals surface area contributed by atoms with E-state index in [1.54, 1.807) is 18.2 Å². The van der Waals surface area contributed by atoms with Crippen molar-refractivity contribution in [2.24, 2.45) is 10.2 Å². The summed E-state index contributed by atoms with van der Waals surface area (Å²) in [6.45, 7) is 1.96. The maximum absolute atomic E-state index is 12.5. The highest BCUT2D eigenvalue weighted by Gasteiger charge is 2.20. The normalized spacial score (nSPS) is 12.6. The van der Waals surface area contributed by atoms with Crippen molar-refractivity contribution in [1.82, 2.24) is 4.98 Å². The van der Waals surface area contributed by atoms with E-state index in [0.717, 1.165) is 15.4 Å². The molecule has 0 aliphatic heterocycles. The second kappa shape index (κ2) is 8.67. The van der Waals surface area contributed by atoms with E-state index in [1.165, 1.54) is 0 Å². The van der Waals surface area contributed by atoms with Crippen LogP contribution in [0.3, 0.4) is 0 Å². The summed E-state index contributed by atoms with van der Waals surface area (Å²) >= 11 is 6.83. The molecule has 0 unspecified atom stereocenters. The van der Waals surface area contributed by atoms with Gasteiger partial charge >= 0.3 is 5.91 Å². The Morgan fingerprint density at radius 3 is 2.70 bits per heavy atom. The van der Waals surface area contributed by atoms with Crippen molar-refractivity contribution in [3.63, 3.8) is 0 Å². The SMILES string of the molecule is CCC[C@H](Oc1ccccc1)C(=O)N=Nc1c(O)[nH]c2c(Br)cc(Br)cc12. The van der Waals surface area contributed by atoms with E-state index in [9.17, 15) is 9.90 Å². The Morgan fingerprint density at radius 2 is 2.00 bits per heavy atom. The molecule has 1 aromatic heterocycles. The molecule has 0 spiro atoms. The topological polar surface area (TPSA) is 87.0 Å². The monoisotopic (exact) mass is 493 g/mol. The second-order valence-electron chi connectivity index (χ2n) is 5.88. The molecule has 1 amide bonds. The van der Waals surface area contributed by atoms with Crippen LogP contribution < -0.4 is 4.74 Å². The number of nitrogens with one attached hydrogen (secondary N) is 1. The number of benzene rings is 2. The summed E-state index contributed by atoms with van der Waals surface area (Å²) in [5.41, 5.74) is 0.873. The van der Waals surface area contributed by atoms with E-state index in [0.29, 0.717) is 23.1 Å². The third-order valence-corrected chi connectivity index (χ3v) is 4.96. The third-order valence-electron chi connectivity index (χ3n) is 3.87. The molecule has 27 heavy (non-hydrogen) atoms. The minimum atomic E-state index is -0.730. The number of amides is 1. The van der Waals surface area contributed by atoms with Gasteiger partial charge in [-0.15, -0.1) is 10.2 Å². The molecular weight excluding hydrogens is 478 g/mol. The Morgan fingerprint density at radius 1 is 1.26 bits per heavy atom. The first-order valence-electron chi connectivity index (χ1n) is 8.36. The predicted octanol–water partition coefficient (Wildman–Crippen LogP) is 6.26. The van der Waals surface area contributed by atoms with Gasteiger partial charge in [0.2, 0.25) is 5.88 Å². The summed E-state index contributed by atoms with van der Waals surface area (Å²) in [6, 6.07) is 12.8. The lowest BCUT2D eigenvalue weighted by Gasteiger charge is -2.14. The van der Waals surface area contributed by atoms with E-state index in [2.05, 4.69) is 47.1 Å². The number of rotatable bonds is 6. The molecule has 3 aromatic rings. The molecule has 140 valence electrons. The lowest BCUT2D eigenvalue weighted by molar-refractivity contribution is -0.125. The van der Waals surface area contributed by atoms with Gasteiger partial charge in [-0.3, -0.25) is 4.79 Å². The van der Waals surface area contributed by atoms with E-state index in [4.69, 9.17) is 4.74 Å². The number of aromatic nitrogens is 1. The van der Waals surface area contributed by atoms with Crippen LogP contribution in [0, 0.1) is 0 Å². The van der Waals surface area contributed by atoms with Crippen LogP contribution in [0.1, 0.15) is 19.8 Å². The molecule has 1 atom stereocenters. The van der Waals surface area contributed by atoms with Gasteiger partial charge in [-0.05, 0) is 46.6 Å². The minimum absolute atomic E-state index is 0.156. The molecule has 0 saturated heterocycles. The molecule has 0 saturated carbocycles. The van der Waals surface area contributed by atoms with Crippen LogP contribution in [-0.4, -0.2) is 22.1 Å². The fourth-order valence-corrected chi connectivity index (χ4v) is 3.94. The van der Waals surface area contributed by atoms with E-state index in [1.807, 2.05) is 31.2 Å². The number of halogens is 2. The van der Waals surface area contributed by atoms with Gasteiger partial charge < -0.3 is 14.8 Å². The van der Waals surface area contributed by atoms with Gasteiger partial charge in [0.15, 0.2) is 11.8 Å². The Balaban J connectivity index is 1.86. The van der Waals surface area contributed by atoms with Crippen molar-refractivity contribution < 1.29 is 14.6 Å². The maximum Gasteiger partial charge on any atom is 0.305 e. The van der Waals surface area contributed by atoms with Gasteiger partial charge in [-0.1, -0.05) is 47.5 Å². The van der Waals surface area contributed by atoms with Gasteiger partial charge in [-0.25, -0.2) is 0 Å². The van der Waals surface area contributed by atoms with Crippen molar-refractivity contribution in [2.45, 2.75) is 25.9 Å². The average molecular weight is 495 g/mol. The highest BCUT2D eigenvalue weighted by atomic mass is 79.9. The first kappa shape index (κ1) is 19.6. The maximum atomic E-state index is 12.5. The third kappa shape index (κ3) is 4.56. The number of carbonyl (C=O) groups excluding carboxylic acids is 1. The first-order valence-corrected chi connectivity index (χ1v) is 9.95. The number of para-hydroxylation sites is 1. The summed E-state index contributed by atoms with van der Waals surface area (Å²) in [6.07, 6.45) is 0.549. The van der Waals surface area contributed by atoms with Crippen molar-refractivity contribution in [3.05, 3.63) is 51.4 Å². The zero-order valence-electron chi connectivity index (χ0n) is 14.4. The minimum Gasteiger partial charge on any atom is -0.493 e. The van der Waals surface area contributed by atoms with E-state index < -0.39 is 12.0 Å². The van der Waals surface area contributed by atoms with Crippen LogP contribution in [0.15, 0.2) is 61.6 Å². The number of ether oxygens (including phenoxy) is 1. The number of carbonyl (C=O) groups is 1. The standard InChI is InChI=1S/C19H17Br2N3O3/c1-2-6-15(27-12-7-4-3-5-8-12)18(25)24-23-17-13-9-11(20)10-14(21)16(13)22-19(17)26/h3-5,7-10,15,22,26H,2,6H2,1H3/t15-/m0/s1. The van der Waals surface area contributed by atoms with Crippen molar-refractivity contribution in [2.75, 3.05) is 0 Å². The molecular formula is C19H17Br2N3O3. The smallest absolute Gasteiger partial charge is 0.305 e. The molecule has 1 heterocycles. The molecule has 8 heteroatoms. The van der Waals surface area contributed by atoms with Gasteiger partial charge in [0, 0.05) is 14.3 Å². The number of H-pyrrole nitrogens is 1. The Labute approximate surface area is 172 Å². The highest BCUT2D eigenvalue weighted by molar-refractivity contribution is 9.11.